The molecule has 0 saturated heterocycles. The summed E-state index contributed by atoms with van der Waals surface area (Å²) in [5.41, 5.74) is 1.68. The monoisotopic (exact) mass is 661 g/mol. The normalized spacial score (nSPS) is 12.5. The van der Waals surface area contributed by atoms with E-state index in [2.05, 4.69) is 5.32 Å². The molecule has 0 unspecified atom stereocenters. The zero-order valence-corrected chi connectivity index (χ0v) is 27.9. The lowest BCUT2D eigenvalue weighted by Crippen LogP contribution is -2.54. The van der Waals surface area contributed by atoms with Crippen LogP contribution >= 0.6 is 11.6 Å². The Balaban J connectivity index is 1.84. The molecule has 2 atom stereocenters. The molecule has 46 heavy (non-hydrogen) atoms. The third-order valence-electron chi connectivity index (χ3n) is 7.61. The van der Waals surface area contributed by atoms with Crippen LogP contribution in [0.5, 0.6) is 5.75 Å². The summed E-state index contributed by atoms with van der Waals surface area (Å²) in [6.07, 6.45) is 0.903. The third-order valence-corrected chi connectivity index (χ3v) is 9.76. The van der Waals surface area contributed by atoms with Gasteiger partial charge >= 0.3 is 0 Å². The average molecular weight is 662 g/mol. The number of sulfonamides is 1. The van der Waals surface area contributed by atoms with Gasteiger partial charge in [-0.25, -0.2) is 8.42 Å². The van der Waals surface area contributed by atoms with E-state index in [1.54, 1.807) is 73.7 Å². The van der Waals surface area contributed by atoms with E-state index in [1.165, 1.54) is 17.0 Å². The molecule has 0 heterocycles. The van der Waals surface area contributed by atoms with Gasteiger partial charge in [-0.3, -0.25) is 13.9 Å². The lowest BCUT2D eigenvalue weighted by Gasteiger charge is -2.34. The van der Waals surface area contributed by atoms with Crippen LogP contribution in [0.3, 0.4) is 0 Å². The van der Waals surface area contributed by atoms with E-state index < -0.39 is 28.5 Å². The maximum Gasteiger partial charge on any atom is 0.264 e. The number of nitrogens with one attached hydrogen (secondary N) is 1. The molecule has 242 valence electrons. The van der Waals surface area contributed by atoms with E-state index in [4.69, 9.17) is 16.3 Å². The summed E-state index contributed by atoms with van der Waals surface area (Å²) in [6.45, 7) is 5.34. The van der Waals surface area contributed by atoms with Crippen molar-refractivity contribution in [3.05, 3.63) is 125 Å². The number of ether oxygens (including phenoxy) is 1. The fraction of sp³-hybridized carbons (Fsp3) is 0.278. The molecule has 0 fully saturated rings. The number of carbonyl (C=O) groups is 2. The Morgan fingerprint density at radius 2 is 1.46 bits per heavy atom. The predicted octanol–water partition coefficient (Wildman–Crippen LogP) is 6.49. The van der Waals surface area contributed by atoms with Crippen molar-refractivity contribution in [1.82, 2.24) is 10.2 Å². The Labute approximate surface area is 277 Å². The second kappa shape index (κ2) is 16.3. The van der Waals surface area contributed by atoms with E-state index >= 15 is 0 Å². The minimum atomic E-state index is -4.25. The maximum atomic E-state index is 14.6. The number of hydrogen-bond donors (Lipinski definition) is 1. The molecule has 4 aromatic carbocycles. The molecule has 10 heteroatoms. The SMILES string of the molecule is CCOc1ccccc1N(CC(=O)N(Cc1ccccc1Cl)[C@@H](Cc1ccccc1)C(=O)N[C@@H](C)CC)S(=O)(=O)c1ccccc1. The summed E-state index contributed by atoms with van der Waals surface area (Å²) < 4.78 is 35.3. The summed E-state index contributed by atoms with van der Waals surface area (Å²) in [5, 5.41) is 3.46. The van der Waals surface area contributed by atoms with Crippen LogP contribution in [0.1, 0.15) is 38.3 Å². The van der Waals surface area contributed by atoms with Crippen LogP contribution in [0.25, 0.3) is 0 Å². The Hall–Kier alpha value is -4.34. The van der Waals surface area contributed by atoms with Crippen LogP contribution in [-0.4, -0.2) is 50.4 Å². The van der Waals surface area contributed by atoms with Crippen molar-refractivity contribution >= 4 is 39.1 Å². The van der Waals surface area contributed by atoms with Crippen LogP contribution in [0.15, 0.2) is 114 Å². The third kappa shape index (κ3) is 8.68. The van der Waals surface area contributed by atoms with Gasteiger partial charge in [-0.15, -0.1) is 0 Å². The molecule has 4 rings (SSSR count). The van der Waals surface area contributed by atoms with Crippen molar-refractivity contribution in [3.8, 4) is 5.75 Å². The Morgan fingerprint density at radius 1 is 0.848 bits per heavy atom. The molecule has 0 aliphatic heterocycles. The van der Waals surface area contributed by atoms with Crippen LogP contribution in [0.2, 0.25) is 5.02 Å². The highest BCUT2D eigenvalue weighted by Crippen LogP contribution is 2.33. The first-order valence-electron chi connectivity index (χ1n) is 15.3. The van der Waals surface area contributed by atoms with Crippen molar-refractivity contribution in [2.24, 2.45) is 0 Å². The smallest absolute Gasteiger partial charge is 0.264 e. The minimum absolute atomic E-state index is 0.0158. The highest BCUT2D eigenvalue weighted by atomic mass is 35.5. The van der Waals surface area contributed by atoms with Crippen molar-refractivity contribution in [3.63, 3.8) is 0 Å². The summed E-state index contributed by atoms with van der Waals surface area (Å²) in [6, 6.07) is 30.0. The van der Waals surface area contributed by atoms with Gasteiger partial charge in [0.25, 0.3) is 10.0 Å². The Bertz CT molecular complexity index is 1700. The molecule has 1 N–H and O–H groups in total. The Morgan fingerprint density at radius 3 is 2.11 bits per heavy atom. The van der Waals surface area contributed by atoms with Gasteiger partial charge in [0.1, 0.15) is 18.3 Å². The molecular formula is C36H40ClN3O5S. The standard InChI is InChI=1S/C36H40ClN3O5S/c1-4-27(3)38-36(42)33(24-28-16-8-6-9-17-28)39(25-29-18-12-13-21-31(29)37)35(41)26-40(32-22-14-15-23-34(32)45-5-2)46(43,44)30-19-10-7-11-20-30/h6-23,27,33H,4-5,24-26H2,1-3H3,(H,38,42)/t27-,33-/m0/s1. The lowest BCUT2D eigenvalue weighted by molar-refractivity contribution is -0.140. The minimum Gasteiger partial charge on any atom is -0.492 e. The number of hydrogen-bond acceptors (Lipinski definition) is 5. The first kappa shape index (κ1) is 34.5. The van der Waals surface area contributed by atoms with Crippen molar-refractivity contribution in [2.75, 3.05) is 17.5 Å². The topological polar surface area (TPSA) is 96.0 Å². The van der Waals surface area contributed by atoms with E-state index in [0.29, 0.717) is 22.8 Å². The summed E-state index contributed by atoms with van der Waals surface area (Å²) in [4.78, 5) is 30.0. The van der Waals surface area contributed by atoms with Crippen LogP contribution in [0, 0.1) is 0 Å². The number of halogens is 1. The fourth-order valence-electron chi connectivity index (χ4n) is 4.98. The van der Waals surface area contributed by atoms with Gasteiger partial charge < -0.3 is 15.0 Å². The molecule has 0 aromatic heterocycles. The van der Waals surface area contributed by atoms with Crippen molar-refractivity contribution < 1.29 is 22.7 Å². The van der Waals surface area contributed by atoms with Crippen molar-refractivity contribution in [1.29, 1.82) is 0 Å². The van der Waals surface area contributed by atoms with Gasteiger partial charge in [-0.05, 0) is 61.7 Å². The van der Waals surface area contributed by atoms with Gasteiger partial charge in [0, 0.05) is 24.0 Å². The van der Waals surface area contributed by atoms with E-state index in [1.807, 2.05) is 44.2 Å². The zero-order chi connectivity index (χ0) is 33.1. The first-order chi connectivity index (χ1) is 22.1. The van der Waals surface area contributed by atoms with Crippen LogP contribution in [0.4, 0.5) is 5.69 Å². The predicted molar refractivity (Wildman–Crippen MR) is 182 cm³/mol. The van der Waals surface area contributed by atoms with Gasteiger partial charge in [0.2, 0.25) is 11.8 Å². The summed E-state index contributed by atoms with van der Waals surface area (Å²) in [5.74, 6) is -0.609. The van der Waals surface area contributed by atoms with Crippen LogP contribution in [-0.2, 0) is 32.6 Å². The second-order valence-corrected chi connectivity index (χ2v) is 13.1. The number of anilines is 1. The highest BCUT2D eigenvalue weighted by molar-refractivity contribution is 7.92. The molecule has 0 spiro atoms. The summed E-state index contributed by atoms with van der Waals surface area (Å²) >= 11 is 6.57. The largest absolute Gasteiger partial charge is 0.492 e. The van der Waals surface area contributed by atoms with Gasteiger partial charge in [0.05, 0.1) is 17.2 Å². The van der Waals surface area contributed by atoms with E-state index in [0.717, 1.165) is 9.87 Å². The first-order valence-corrected chi connectivity index (χ1v) is 17.1. The number of benzene rings is 4. The number of amides is 2. The van der Waals surface area contributed by atoms with Crippen LogP contribution < -0.4 is 14.4 Å². The zero-order valence-electron chi connectivity index (χ0n) is 26.3. The molecule has 8 nitrogen and oxygen atoms in total. The Kier molecular flexibility index (Phi) is 12.2. The molecule has 0 saturated carbocycles. The molecule has 0 aliphatic rings. The van der Waals surface area contributed by atoms with Crippen molar-refractivity contribution in [2.45, 2.75) is 57.1 Å². The fourth-order valence-corrected chi connectivity index (χ4v) is 6.62. The van der Waals surface area contributed by atoms with Gasteiger partial charge in [-0.2, -0.15) is 0 Å². The number of para-hydroxylation sites is 2. The molecular weight excluding hydrogens is 622 g/mol. The number of carbonyl (C=O) groups excluding carboxylic acids is 2. The maximum absolute atomic E-state index is 14.6. The highest BCUT2D eigenvalue weighted by Gasteiger charge is 2.36. The van der Waals surface area contributed by atoms with Gasteiger partial charge in [-0.1, -0.05) is 97.4 Å². The average Bonchev–Trinajstić information content (AvgIpc) is 3.07. The molecule has 0 bridgehead atoms. The quantitative estimate of drug-likeness (QED) is 0.157. The lowest BCUT2D eigenvalue weighted by atomic mass is 10.0. The molecule has 0 radical (unpaired) electrons. The van der Waals surface area contributed by atoms with E-state index in [9.17, 15) is 18.0 Å². The molecule has 4 aromatic rings. The van der Waals surface area contributed by atoms with E-state index in [-0.39, 0.29) is 42.1 Å². The number of nitrogens with zero attached hydrogens (tertiary/aromatic N) is 2. The summed E-state index contributed by atoms with van der Waals surface area (Å²) in [7, 11) is -4.25. The second-order valence-electron chi connectivity index (χ2n) is 10.9. The molecule has 0 aliphatic carbocycles. The number of rotatable bonds is 15. The molecule has 2 amide bonds. The van der Waals surface area contributed by atoms with Gasteiger partial charge in [0.15, 0.2) is 0 Å².